The Bertz CT molecular complexity index is 455. The Kier molecular flexibility index (Phi) is 6.05. The van der Waals surface area contributed by atoms with Gasteiger partial charge in [-0.15, -0.1) is 0 Å². The summed E-state index contributed by atoms with van der Waals surface area (Å²) in [5.41, 5.74) is 0.962. The Balaban J connectivity index is 1.88. The zero-order valence-electron chi connectivity index (χ0n) is 12.9. The minimum absolute atomic E-state index is 0.124. The summed E-state index contributed by atoms with van der Waals surface area (Å²) in [4.78, 5) is 12.0. The number of carbonyl (C=O) groups excluding carboxylic acids is 1. The predicted octanol–water partition coefficient (Wildman–Crippen LogP) is 3.08. The highest BCUT2D eigenvalue weighted by Gasteiger charge is 2.20. The fourth-order valence-corrected chi connectivity index (χ4v) is 3.01. The van der Waals surface area contributed by atoms with Gasteiger partial charge >= 0.3 is 0 Å². The first kappa shape index (κ1) is 15.8. The van der Waals surface area contributed by atoms with Crippen molar-refractivity contribution in [2.75, 3.05) is 20.8 Å². The van der Waals surface area contributed by atoms with Crippen LogP contribution in [0.1, 0.15) is 43.8 Å². The molecule has 1 amide bonds. The van der Waals surface area contributed by atoms with E-state index in [1.54, 1.807) is 14.2 Å². The predicted molar refractivity (Wildman–Crippen MR) is 82.3 cm³/mol. The van der Waals surface area contributed by atoms with Crippen molar-refractivity contribution in [2.45, 2.75) is 38.2 Å². The molecule has 0 heterocycles. The van der Waals surface area contributed by atoms with Crippen LogP contribution in [0.25, 0.3) is 0 Å². The van der Waals surface area contributed by atoms with Crippen molar-refractivity contribution >= 4 is 5.91 Å². The standard InChI is InChI=1S/C17H25NO3/c1-20-15-10-6-5-9-14(15)16(21-2)12-18-17(19)11-13-7-3-4-8-13/h5-6,9-10,13,16H,3-4,7-8,11-12H2,1-2H3,(H,18,19). The third kappa shape index (κ3) is 4.46. The molecule has 0 radical (unpaired) electrons. The number of para-hydroxylation sites is 1. The number of hydrogen-bond donors (Lipinski definition) is 1. The lowest BCUT2D eigenvalue weighted by Gasteiger charge is -2.19. The van der Waals surface area contributed by atoms with E-state index in [2.05, 4.69) is 5.32 Å². The fourth-order valence-electron chi connectivity index (χ4n) is 3.01. The largest absolute Gasteiger partial charge is 0.496 e. The third-order valence-corrected chi connectivity index (χ3v) is 4.20. The van der Waals surface area contributed by atoms with Crippen molar-refractivity contribution in [1.82, 2.24) is 5.32 Å². The molecule has 1 N–H and O–H groups in total. The first-order chi connectivity index (χ1) is 10.2. The Morgan fingerprint density at radius 2 is 2.00 bits per heavy atom. The van der Waals surface area contributed by atoms with E-state index >= 15 is 0 Å². The van der Waals surface area contributed by atoms with Crippen molar-refractivity contribution in [3.63, 3.8) is 0 Å². The Labute approximate surface area is 126 Å². The van der Waals surface area contributed by atoms with Gasteiger partial charge in [0.2, 0.25) is 5.91 Å². The highest BCUT2D eigenvalue weighted by atomic mass is 16.5. The number of hydrogen-bond acceptors (Lipinski definition) is 3. The average Bonchev–Trinajstić information content (AvgIpc) is 3.01. The molecule has 0 aliphatic heterocycles. The molecule has 0 bridgehead atoms. The molecule has 1 atom stereocenters. The van der Waals surface area contributed by atoms with Crippen LogP contribution in [0.15, 0.2) is 24.3 Å². The number of benzene rings is 1. The van der Waals surface area contributed by atoms with Gasteiger partial charge in [-0.1, -0.05) is 31.0 Å². The minimum Gasteiger partial charge on any atom is -0.496 e. The van der Waals surface area contributed by atoms with Gasteiger partial charge in [0.1, 0.15) is 11.9 Å². The van der Waals surface area contributed by atoms with Crippen LogP contribution in [-0.2, 0) is 9.53 Å². The molecular weight excluding hydrogens is 266 g/mol. The topological polar surface area (TPSA) is 47.6 Å². The number of rotatable bonds is 7. The number of ether oxygens (including phenoxy) is 2. The maximum atomic E-state index is 12.0. The van der Waals surface area contributed by atoms with E-state index in [-0.39, 0.29) is 12.0 Å². The molecule has 0 spiro atoms. The first-order valence-electron chi connectivity index (χ1n) is 7.67. The van der Waals surface area contributed by atoms with E-state index in [1.807, 2.05) is 24.3 Å². The Morgan fingerprint density at radius 3 is 2.67 bits per heavy atom. The van der Waals surface area contributed by atoms with Gasteiger partial charge in [-0.2, -0.15) is 0 Å². The van der Waals surface area contributed by atoms with Crippen molar-refractivity contribution < 1.29 is 14.3 Å². The molecule has 21 heavy (non-hydrogen) atoms. The van der Waals surface area contributed by atoms with Crippen LogP contribution in [-0.4, -0.2) is 26.7 Å². The lowest BCUT2D eigenvalue weighted by atomic mass is 10.0. The van der Waals surface area contributed by atoms with Crippen molar-refractivity contribution in [3.8, 4) is 5.75 Å². The highest BCUT2D eigenvalue weighted by molar-refractivity contribution is 5.76. The molecule has 1 saturated carbocycles. The van der Waals surface area contributed by atoms with Crippen LogP contribution in [0.4, 0.5) is 0 Å². The van der Waals surface area contributed by atoms with Crippen LogP contribution >= 0.6 is 0 Å². The molecule has 2 rings (SSSR count). The van der Waals surface area contributed by atoms with Gasteiger partial charge in [0, 0.05) is 25.6 Å². The molecule has 0 saturated heterocycles. The maximum absolute atomic E-state index is 12.0. The normalized spacial score (nSPS) is 16.7. The van der Waals surface area contributed by atoms with Gasteiger partial charge in [-0.25, -0.2) is 0 Å². The van der Waals surface area contributed by atoms with Crippen LogP contribution in [0.5, 0.6) is 5.75 Å². The minimum atomic E-state index is -0.186. The second-order valence-electron chi connectivity index (χ2n) is 5.62. The third-order valence-electron chi connectivity index (χ3n) is 4.20. The van der Waals surface area contributed by atoms with Gasteiger partial charge in [0.15, 0.2) is 0 Å². The van der Waals surface area contributed by atoms with Gasteiger partial charge in [-0.3, -0.25) is 4.79 Å². The molecule has 1 aromatic rings. The second-order valence-corrected chi connectivity index (χ2v) is 5.62. The number of amides is 1. The molecule has 1 fully saturated rings. The number of carbonyl (C=O) groups is 1. The lowest BCUT2D eigenvalue weighted by Crippen LogP contribution is -2.30. The summed E-state index contributed by atoms with van der Waals surface area (Å²) in [7, 11) is 3.30. The van der Waals surface area contributed by atoms with E-state index in [0.717, 1.165) is 11.3 Å². The van der Waals surface area contributed by atoms with Crippen molar-refractivity contribution in [2.24, 2.45) is 5.92 Å². The highest BCUT2D eigenvalue weighted by Crippen LogP contribution is 2.28. The fraction of sp³-hybridized carbons (Fsp3) is 0.588. The molecule has 4 heteroatoms. The lowest BCUT2D eigenvalue weighted by molar-refractivity contribution is -0.122. The quantitative estimate of drug-likeness (QED) is 0.840. The van der Waals surface area contributed by atoms with Crippen LogP contribution in [0.3, 0.4) is 0 Å². The zero-order chi connectivity index (χ0) is 15.1. The number of methoxy groups -OCH3 is 2. The molecule has 1 aliphatic rings. The van der Waals surface area contributed by atoms with E-state index in [9.17, 15) is 4.79 Å². The van der Waals surface area contributed by atoms with Crippen LogP contribution < -0.4 is 10.1 Å². The Hall–Kier alpha value is -1.55. The molecular formula is C17H25NO3. The number of nitrogens with one attached hydrogen (secondary N) is 1. The monoisotopic (exact) mass is 291 g/mol. The molecule has 0 aromatic heterocycles. The summed E-state index contributed by atoms with van der Waals surface area (Å²) >= 11 is 0. The van der Waals surface area contributed by atoms with Gasteiger partial charge in [0.05, 0.1) is 7.11 Å². The maximum Gasteiger partial charge on any atom is 0.220 e. The second kappa shape index (κ2) is 8.03. The summed E-state index contributed by atoms with van der Waals surface area (Å²) in [6.45, 7) is 0.475. The summed E-state index contributed by atoms with van der Waals surface area (Å²) < 4.78 is 10.9. The van der Waals surface area contributed by atoms with Crippen LogP contribution in [0.2, 0.25) is 0 Å². The van der Waals surface area contributed by atoms with Crippen LogP contribution in [0, 0.1) is 5.92 Å². The SMILES string of the molecule is COc1ccccc1C(CNC(=O)CC1CCCC1)OC. The van der Waals surface area contributed by atoms with Gasteiger partial charge in [-0.05, 0) is 24.8 Å². The first-order valence-corrected chi connectivity index (χ1v) is 7.67. The van der Waals surface area contributed by atoms with Gasteiger partial charge < -0.3 is 14.8 Å². The van der Waals surface area contributed by atoms with Gasteiger partial charge in [0.25, 0.3) is 0 Å². The summed E-state index contributed by atoms with van der Waals surface area (Å²) in [5.74, 6) is 1.48. The van der Waals surface area contributed by atoms with E-state index in [1.165, 1.54) is 25.7 Å². The summed E-state index contributed by atoms with van der Waals surface area (Å²) in [6, 6.07) is 7.75. The van der Waals surface area contributed by atoms with Crippen molar-refractivity contribution in [1.29, 1.82) is 0 Å². The average molecular weight is 291 g/mol. The molecule has 4 nitrogen and oxygen atoms in total. The smallest absolute Gasteiger partial charge is 0.220 e. The zero-order valence-corrected chi connectivity index (χ0v) is 12.9. The summed E-state index contributed by atoms with van der Waals surface area (Å²) in [5, 5.41) is 2.99. The van der Waals surface area contributed by atoms with E-state index in [0.29, 0.717) is 18.9 Å². The Morgan fingerprint density at radius 1 is 1.29 bits per heavy atom. The summed E-state index contributed by atoms with van der Waals surface area (Å²) in [6.07, 6.45) is 5.36. The molecule has 1 unspecified atom stereocenters. The van der Waals surface area contributed by atoms with E-state index in [4.69, 9.17) is 9.47 Å². The molecule has 1 aromatic carbocycles. The van der Waals surface area contributed by atoms with E-state index < -0.39 is 0 Å². The van der Waals surface area contributed by atoms with Crippen molar-refractivity contribution in [3.05, 3.63) is 29.8 Å². The molecule has 116 valence electrons. The molecule has 1 aliphatic carbocycles.